The summed E-state index contributed by atoms with van der Waals surface area (Å²) in [5.41, 5.74) is -0.366. The predicted octanol–water partition coefficient (Wildman–Crippen LogP) is 2.14. The second-order valence-electron chi connectivity index (χ2n) is 6.34. The van der Waals surface area contributed by atoms with Crippen LogP contribution in [0, 0.1) is 11.3 Å². The standard InChI is InChI=1S/C13H25N3/c1-10-7-13(9-14,15-12(3,4)5)8-11(2)16(10)6/h10-11,15H,7-8H2,1-6H3. The Hall–Kier alpha value is -0.590. The van der Waals surface area contributed by atoms with Gasteiger partial charge in [0.15, 0.2) is 0 Å². The molecule has 0 amide bonds. The van der Waals surface area contributed by atoms with Gasteiger partial charge in [0.05, 0.1) is 6.07 Å². The number of hydrogen-bond acceptors (Lipinski definition) is 3. The van der Waals surface area contributed by atoms with Crippen molar-refractivity contribution in [3.63, 3.8) is 0 Å². The Balaban J connectivity index is 2.87. The first-order chi connectivity index (χ1) is 7.19. The molecule has 16 heavy (non-hydrogen) atoms. The molecule has 2 unspecified atom stereocenters. The van der Waals surface area contributed by atoms with Crippen molar-refractivity contribution >= 4 is 0 Å². The summed E-state index contributed by atoms with van der Waals surface area (Å²) in [5.74, 6) is 0. The molecule has 0 radical (unpaired) electrons. The van der Waals surface area contributed by atoms with E-state index in [2.05, 4.69) is 58.0 Å². The van der Waals surface area contributed by atoms with Gasteiger partial charge in [0.2, 0.25) is 0 Å². The average molecular weight is 223 g/mol. The van der Waals surface area contributed by atoms with Crippen LogP contribution in [-0.4, -0.2) is 35.1 Å². The molecule has 1 aliphatic rings. The molecule has 1 heterocycles. The minimum absolute atomic E-state index is 0.00885. The van der Waals surface area contributed by atoms with E-state index < -0.39 is 0 Å². The van der Waals surface area contributed by atoms with E-state index in [1.807, 2.05) is 0 Å². The van der Waals surface area contributed by atoms with E-state index in [4.69, 9.17) is 0 Å². The number of nitrogens with zero attached hydrogens (tertiary/aromatic N) is 2. The van der Waals surface area contributed by atoms with Gasteiger partial charge in [0, 0.05) is 17.6 Å². The highest BCUT2D eigenvalue weighted by atomic mass is 15.2. The van der Waals surface area contributed by atoms with Crippen LogP contribution in [0.5, 0.6) is 0 Å². The summed E-state index contributed by atoms with van der Waals surface area (Å²) in [6.07, 6.45) is 1.81. The van der Waals surface area contributed by atoms with Crippen molar-refractivity contribution in [3.8, 4) is 6.07 Å². The van der Waals surface area contributed by atoms with E-state index in [-0.39, 0.29) is 11.1 Å². The van der Waals surface area contributed by atoms with Crippen molar-refractivity contribution < 1.29 is 0 Å². The van der Waals surface area contributed by atoms with Crippen molar-refractivity contribution in [3.05, 3.63) is 0 Å². The summed E-state index contributed by atoms with van der Waals surface area (Å²) in [7, 11) is 2.15. The Labute approximate surface area is 99.8 Å². The van der Waals surface area contributed by atoms with Gasteiger partial charge >= 0.3 is 0 Å². The smallest absolute Gasteiger partial charge is 0.110 e. The Morgan fingerprint density at radius 1 is 1.25 bits per heavy atom. The maximum absolute atomic E-state index is 9.50. The first-order valence-corrected chi connectivity index (χ1v) is 6.12. The normalized spacial score (nSPS) is 37.1. The third-order valence-electron chi connectivity index (χ3n) is 3.51. The van der Waals surface area contributed by atoms with Crippen LogP contribution in [0.3, 0.4) is 0 Å². The van der Waals surface area contributed by atoms with Crippen molar-refractivity contribution in [2.24, 2.45) is 0 Å². The minimum Gasteiger partial charge on any atom is -0.301 e. The molecule has 0 spiro atoms. The molecule has 1 N–H and O–H groups in total. The zero-order valence-corrected chi connectivity index (χ0v) is 11.5. The summed E-state index contributed by atoms with van der Waals surface area (Å²) in [6.45, 7) is 10.8. The van der Waals surface area contributed by atoms with Crippen LogP contribution in [0.4, 0.5) is 0 Å². The highest BCUT2D eigenvalue weighted by Gasteiger charge is 2.42. The van der Waals surface area contributed by atoms with Gasteiger partial charge in [-0.1, -0.05) is 0 Å². The van der Waals surface area contributed by atoms with Gasteiger partial charge in [-0.15, -0.1) is 0 Å². The monoisotopic (exact) mass is 223 g/mol. The van der Waals surface area contributed by atoms with Gasteiger partial charge in [-0.3, -0.25) is 5.32 Å². The molecular formula is C13H25N3. The molecule has 0 aromatic carbocycles. The molecule has 1 rings (SSSR count). The molecule has 1 saturated heterocycles. The minimum atomic E-state index is -0.358. The largest absolute Gasteiger partial charge is 0.301 e. The average Bonchev–Trinajstić information content (AvgIpc) is 2.11. The molecule has 92 valence electrons. The number of hydrogen-bond donors (Lipinski definition) is 1. The quantitative estimate of drug-likeness (QED) is 0.740. The number of piperidine rings is 1. The molecule has 0 bridgehead atoms. The van der Waals surface area contributed by atoms with E-state index >= 15 is 0 Å². The maximum atomic E-state index is 9.50. The predicted molar refractivity (Wildman–Crippen MR) is 67.2 cm³/mol. The van der Waals surface area contributed by atoms with Crippen LogP contribution in [0.15, 0.2) is 0 Å². The van der Waals surface area contributed by atoms with Crippen LogP contribution in [-0.2, 0) is 0 Å². The lowest BCUT2D eigenvalue weighted by Gasteiger charge is -2.47. The Bertz CT molecular complexity index is 273. The Morgan fingerprint density at radius 2 is 1.69 bits per heavy atom. The van der Waals surface area contributed by atoms with Gasteiger partial charge in [-0.05, 0) is 54.5 Å². The van der Waals surface area contributed by atoms with Crippen LogP contribution in [0.25, 0.3) is 0 Å². The summed E-state index contributed by atoms with van der Waals surface area (Å²) >= 11 is 0. The Kier molecular flexibility index (Phi) is 3.66. The van der Waals surface area contributed by atoms with E-state index in [0.29, 0.717) is 12.1 Å². The summed E-state index contributed by atoms with van der Waals surface area (Å²) < 4.78 is 0. The first-order valence-electron chi connectivity index (χ1n) is 6.12. The van der Waals surface area contributed by atoms with Crippen molar-refractivity contribution in [2.45, 2.75) is 70.6 Å². The van der Waals surface area contributed by atoms with Crippen LogP contribution < -0.4 is 5.32 Å². The van der Waals surface area contributed by atoms with Gasteiger partial charge < -0.3 is 4.90 Å². The molecule has 3 heteroatoms. The number of rotatable bonds is 1. The lowest BCUT2D eigenvalue weighted by atomic mass is 9.80. The summed E-state index contributed by atoms with van der Waals surface area (Å²) in [6, 6.07) is 3.43. The third-order valence-corrected chi connectivity index (χ3v) is 3.51. The molecule has 0 aromatic rings. The third kappa shape index (κ3) is 2.96. The van der Waals surface area contributed by atoms with E-state index in [1.165, 1.54) is 0 Å². The lowest BCUT2D eigenvalue weighted by molar-refractivity contribution is 0.0739. The number of nitriles is 1. The molecule has 3 nitrogen and oxygen atoms in total. The van der Waals surface area contributed by atoms with Gasteiger partial charge in [0.25, 0.3) is 0 Å². The van der Waals surface area contributed by atoms with E-state index in [9.17, 15) is 5.26 Å². The van der Waals surface area contributed by atoms with E-state index in [1.54, 1.807) is 0 Å². The Morgan fingerprint density at radius 3 is 2.00 bits per heavy atom. The summed E-state index contributed by atoms with van der Waals surface area (Å²) in [4.78, 5) is 2.36. The fourth-order valence-electron chi connectivity index (χ4n) is 2.75. The summed E-state index contributed by atoms with van der Waals surface area (Å²) in [5, 5.41) is 13.0. The molecule has 0 aliphatic carbocycles. The zero-order chi connectivity index (χ0) is 12.6. The maximum Gasteiger partial charge on any atom is 0.110 e. The molecule has 1 aliphatic heterocycles. The molecule has 1 fully saturated rings. The second kappa shape index (κ2) is 4.35. The molecule has 0 saturated carbocycles. The molecular weight excluding hydrogens is 198 g/mol. The van der Waals surface area contributed by atoms with Crippen LogP contribution >= 0.6 is 0 Å². The fourth-order valence-corrected chi connectivity index (χ4v) is 2.75. The molecule has 0 aromatic heterocycles. The lowest BCUT2D eigenvalue weighted by Crippen LogP contribution is -2.62. The number of nitrogens with one attached hydrogen (secondary N) is 1. The van der Waals surface area contributed by atoms with Gasteiger partial charge in [-0.25, -0.2) is 0 Å². The van der Waals surface area contributed by atoms with Crippen molar-refractivity contribution in [1.82, 2.24) is 10.2 Å². The van der Waals surface area contributed by atoms with Crippen molar-refractivity contribution in [1.29, 1.82) is 5.26 Å². The molecule has 2 atom stereocenters. The topological polar surface area (TPSA) is 39.1 Å². The van der Waals surface area contributed by atoms with Crippen LogP contribution in [0.1, 0.15) is 47.5 Å². The van der Waals surface area contributed by atoms with Crippen LogP contribution in [0.2, 0.25) is 0 Å². The second-order valence-corrected chi connectivity index (χ2v) is 6.34. The zero-order valence-electron chi connectivity index (χ0n) is 11.5. The van der Waals surface area contributed by atoms with Gasteiger partial charge in [-0.2, -0.15) is 5.26 Å². The van der Waals surface area contributed by atoms with Gasteiger partial charge in [0.1, 0.15) is 5.54 Å². The SMILES string of the molecule is CC1CC(C#N)(NC(C)(C)C)CC(C)N1C. The van der Waals surface area contributed by atoms with E-state index in [0.717, 1.165) is 12.8 Å². The number of likely N-dealkylation sites (tertiary alicyclic amines) is 1. The fraction of sp³-hybridized carbons (Fsp3) is 0.923. The van der Waals surface area contributed by atoms with Crippen molar-refractivity contribution in [2.75, 3.05) is 7.05 Å². The highest BCUT2D eigenvalue weighted by molar-refractivity contribution is 5.14. The highest BCUT2D eigenvalue weighted by Crippen LogP contribution is 2.31. The first kappa shape index (κ1) is 13.5.